The Bertz CT molecular complexity index is 897. The highest BCUT2D eigenvalue weighted by molar-refractivity contribution is 7.89. The molecule has 0 radical (unpaired) electrons. The SMILES string of the molecule is C[C@@H](C(=O)Nc1ccccc1)N1CCN(S(=O)(=O)c2ccccc2Cl)CC1. The molecule has 144 valence electrons. The van der Waals surface area contributed by atoms with Gasteiger partial charge in [0.25, 0.3) is 0 Å². The van der Waals surface area contributed by atoms with Gasteiger partial charge in [0, 0.05) is 31.9 Å². The number of hydrogen-bond donors (Lipinski definition) is 1. The summed E-state index contributed by atoms with van der Waals surface area (Å²) in [5.41, 5.74) is 0.745. The lowest BCUT2D eigenvalue weighted by Gasteiger charge is -2.36. The van der Waals surface area contributed by atoms with E-state index in [0.717, 1.165) is 5.69 Å². The number of rotatable bonds is 5. The largest absolute Gasteiger partial charge is 0.325 e. The minimum atomic E-state index is -3.64. The molecule has 0 unspecified atom stereocenters. The van der Waals surface area contributed by atoms with E-state index in [1.807, 2.05) is 42.2 Å². The van der Waals surface area contributed by atoms with Crippen LogP contribution in [0.4, 0.5) is 5.69 Å². The summed E-state index contributed by atoms with van der Waals surface area (Å²) in [6.45, 7) is 3.42. The molecule has 1 saturated heterocycles. The number of hydrogen-bond acceptors (Lipinski definition) is 4. The van der Waals surface area contributed by atoms with E-state index >= 15 is 0 Å². The highest BCUT2D eigenvalue weighted by atomic mass is 35.5. The number of halogens is 1. The highest BCUT2D eigenvalue weighted by Gasteiger charge is 2.32. The van der Waals surface area contributed by atoms with Gasteiger partial charge < -0.3 is 5.32 Å². The number of benzene rings is 2. The third-order valence-electron chi connectivity index (χ3n) is 4.70. The lowest BCUT2D eigenvalue weighted by atomic mass is 10.2. The highest BCUT2D eigenvalue weighted by Crippen LogP contribution is 2.25. The van der Waals surface area contributed by atoms with Gasteiger partial charge in [-0.1, -0.05) is 41.9 Å². The van der Waals surface area contributed by atoms with E-state index < -0.39 is 10.0 Å². The van der Waals surface area contributed by atoms with Gasteiger partial charge in [0.2, 0.25) is 15.9 Å². The Kier molecular flexibility index (Phi) is 6.16. The second kappa shape index (κ2) is 8.39. The van der Waals surface area contributed by atoms with E-state index in [1.165, 1.54) is 10.4 Å². The van der Waals surface area contributed by atoms with E-state index in [1.54, 1.807) is 18.2 Å². The van der Waals surface area contributed by atoms with Crippen LogP contribution in [0, 0.1) is 0 Å². The smallest absolute Gasteiger partial charge is 0.244 e. The number of nitrogens with zero attached hydrogens (tertiary/aromatic N) is 2. The van der Waals surface area contributed by atoms with Gasteiger partial charge in [-0.15, -0.1) is 0 Å². The fourth-order valence-electron chi connectivity index (χ4n) is 3.06. The molecule has 0 spiro atoms. The Morgan fingerprint density at radius 3 is 2.22 bits per heavy atom. The van der Waals surface area contributed by atoms with E-state index in [0.29, 0.717) is 26.2 Å². The lowest BCUT2D eigenvalue weighted by Crippen LogP contribution is -2.53. The number of carbonyl (C=O) groups is 1. The summed E-state index contributed by atoms with van der Waals surface area (Å²) in [6.07, 6.45) is 0. The zero-order valence-electron chi connectivity index (χ0n) is 15.0. The van der Waals surface area contributed by atoms with Crippen molar-refractivity contribution in [1.82, 2.24) is 9.21 Å². The molecule has 1 aliphatic heterocycles. The van der Waals surface area contributed by atoms with Gasteiger partial charge in [-0.25, -0.2) is 8.42 Å². The van der Waals surface area contributed by atoms with Crippen molar-refractivity contribution in [1.29, 1.82) is 0 Å². The van der Waals surface area contributed by atoms with Gasteiger partial charge in [-0.3, -0.25) is 9.69 Å². The van der Waals surface area contributed by atoms with E-state index in [2.05, 4.69) is 5.32 Å². The third kappa shape index (κ3) is 4.50. The third-order valence-corrected chi connectivity index (χ3v) is 7.09. The summed E-state index contributed by atoms with van der Waals surface area (Å²) in [4.78, 5) is 14.6. The van der Waals surface area contributed by atoms with E-state index in [-0.39, 0.29) is 21.9 Å². The number of nitrogens with one attached hydrogen (secondary N) is 1. The van der Waals surface area contributed by atoms with Gasteiger partial charge >= 0.3 is 0 Å². The molecule has 0 bridgehead atoms. The quantitative estimate of drug-likeness (QED) is 0.827. The van der Waals surface area contributed by atoms with Crippen LogP contribution >= 0.6 is 11.6 Å². The molecule has 1 amide bonds. The van der Waals surface area contributed by atoms with Crippen LogP contribution in [0.2, 0.25) is 5.02 Å². The standard InChI is InChI=1S/C19H22ClN3O3S/c1-15(19(24)21-16-7-3-2-4-8-16)22-11-13-23(14-12-22)27(25,26)18-10-6-5-9-17(18)20/h2-10,15H,11-14H2,1H3,(H,21,24)/t15-/m0/s1. The van der Waals surface area contributed by atoms with Crippen molar-refractivity contribution in [3.05, 3.63) is 59.6 Å². The van der Waals surface area contributed by atoms with Crippen LogP contribution in [-0.4, -0.2) is 55.8 Å². The second-order valence-corrected chi connectivity index (χ2v) is 8.72. The Morgan fingerprint density at radius 2 is 1.59 bits per heavy atom. The molecule has 1 aliphatic rings. The van der Waals surface area contributed by atoms with Crippen molar-refractivity contribution in [3.63, 3.8) is 0 Å². The second-order valence-electron chi connectivity index (χ2n) is 6.40. The summed E-state index contributed by atoms with van der Waals surface area (Å²) in [7, 11) is -3.64. The number of amides is 1. The molecule has 2 aromatic carbocycles. The van der Waals surface area contributed by atoms with Crippen LogP contribution in [0.3, 0.4) is 0 Å². The fourth-order valence-corrected chi connectivity index (χ4v) is 4.97. The molecule has 0 saturated carbocycles. The Hall–Kier alpha value is -1.93. The zero-order valence-corrected chi connectivity index (χ0v) is 16.6. The van der Waals surface area contributed by atoms with E-state index in [4.69, 9.17) is 11.6 Å². The molecule has 2 aromatic rings. The molecule has 3 rings (SSSR count). The number of anilines is 1. The fraction of sp³-hybridized carbons (Fsp3) is 0.316. The molecule has 1 atom stereocenters. The molecular formula is C19H22ClN3O3S. The monoisotopic (exact) mass is 407 g/mol. The zero-order chi connectivity index (χ0) is 19.4. The van der Waals surface area contributed by atoms with Crippen LogP contribution in [0.25, 0.3) is 0 Å². The first-order valence-electron chi connectivity index (χ1n) is 8.74. The van der Waals surface area contributed by atoms with Gasteiger partial charge in [-0.05, 0) is 31.2 Å². The van der Waals surface area contributed by atoms with E-state index in [9.17, 15) is 13.2 Å². The molecule has 1 fully saturated rings. The van der Waals surface area contributed by atoms with Crippen molar-refractivity contribution < 1.29 is 13.2 Å². The van der Waals surface area contributed by atoms with Crippen LogP contribution in [-0.2, 0) is 14.8 Å². The summed E-state index contributed by atoms with van der Waals surface area (Å²) in [5.74, 6) is -0.108. The summed E-state index contributed by atoms with van der Waals surface area (Å²) < 4.78 is 27.0. The predicted molar refractivity (Wildman–Crippen MR) is 106 cm³/mol. The van der Waals surface area contributed by atoms with Crippen LogP contribution in [0.5, 0.6) is 0 Å². The molecule has 27 heavy (non-hydrogen) atoms. The average Bonchev–Trinajstić information content (AvgIpc) is 2.68. The number of piperazine rings is 1. The Labute approximate surface area is 164 Å². The van der Waals surface area contributed by atoms with Crippen molar-refractivity contribution in [2.75, 3.05) is 31.5 Å². The normalized spacial score (nSPS) is 17.4. The molecule has 1 heterocycles. The van der Waals surface area contributed by atoms with Gasteiger partial charge in [0.05, 0.1) is 11.1 Å². The van der Waals surface area contributed by atoms with Crippen molar-refractivity contribution in [3.8, 4) is 0 Å². The molecular weight excluding hydrogens is 386 g/mol. The number of para-hydroxylation sites is 1. The van der Waals surface area contributed by atoms with Crippen molar-refractivity contribution >= 4 is 33.2 Å². The first-order valence-corrected chi connectivity index (χ1v) is 10.6. The van der Waals surface area contributed by atoms with Crippen molar-refractivity contribution in [2.24, 2.45) is 0 Å². The molecule has 0 aromatic heterocycles. The van der Waals surface area contributed by atoms with Crippen molar-refractivity contribution in [2.45, 2.75) is 17.9 Å². The summed E-state index contributed by atoms with van der Waals surface area (Å²) in [5, 5.41) is 3.10. The molecule has 1 N–H and O–H groups in total. The maximum Gasteiger partial charge on any atom is 0.244 e. The molecule has 6 nitrogen and oxygen atoms in total. The number of carbonyl (C=O) groups excluding carboxylic acids is 1. The molecule has 0 aliphatic carbocycles. The van der Waals surface area contributed by atoms with Crippen LogP contribution in [0.15, 0.2) is 59.5 Å². The van der Waals surface area contributed by atoms with Gasteiger partial charge in [0.15, 0.2) is 0 Å². The number of sulfonamides is 1. The lowest BCUT2D eigenvalue weighted by molar-refractivity contribution is -0.121. The Morgan fingerprint density at radius 1 is 1.00 bits per heavy atom. The summed E-state index contributed by atoms with van der Waals surface area (Å²) >= 11 is 6.06. The molecule has 8 heteroatoms. The minimum Gasteiger partial charge on any atom is -0.325 e. The summed E-state index contributed by atoms with van der Waals surface area (Å²) in [6, 6.07) is 15.4. The first kappa shape index (κ1) is 19.8. The first-order chi connectivity index (χ1) is 12.9. The van der Waals surface area contributed by atoms with Gasteiger partial charge in [0.1, 0.15) is 4.90 Å². The van der Waals surface area contributed by atoms with Crippen LogP contribution in [0.1, 0.15) is 6.92 Å². The maximum absolute atomic E-state index is 12.8. The minimum absolute atomic E-state index is 0.108. The maximum atomic E-state index is 12.8. The van der Waals surface area contributed by atoms with Crippen LogP contribution < -0.4 is 5.32 Å². The Balaban J connectivity index is 1.61. The topological polar surface area (TPSA) is 69.7 Å². The predicted octanol–water partition coefficient (Wildman–Crippen LogP) is 2.67. The van der Waals surface area contributed by atoms with Gasteiger partial charge in [-0.2, -0.15) is 4.31 Å². The average molecular weight is 408 g/mol.